The maximum absolute atomic E-state index is 12.6. The fraction of sp³-hybridized carbons (Fsp3) is 0.800. The number of alkyl halides is 3. The number of allylic oxidation sites excluding steroid dienone is 2. The molecule has 0 aromatic carbocycles. The molecular formula is C10H14F3N. The molecular weight excluding hydrogens is 191 g/mol. The summed E-state index contributed by atoms with van der Waals surface area (Å²) in [6.07, 6.45) is 0.601. The summed E-state index contributed by atoms with van der Waals surface area (Å²) in [6.45, 7) is 1.61. The molecule has 0 saturated carbocycles. The lowest BCUT2D eigenvalue weighted by Gasteiger charge is -2.26. The first-order chi connectivity index (χ1) is 6.59. The van der Waals surface area contributed by atoms with Crippen molar-refractivity contribution in [3.05, 3.63) is 11.8 Å². The van der Waals surface area contributed by atoms with Crippen LogP contribution in [0, 0.1) is 5.92 Å². The van der Waals surface area contributed by atoms with Gasteiger partial charge in [-0.05, 0) is 25.7 Å². The van der Waals surface area contributed by atoms with E-state index in [-0.39, 0.29) is 6.42 Å². The first-order valence-electron chi connectivity index (χ1n) is 5.11. The molecule has 1 heterocycles. The van der Waals surface area contributed by atoms with Gasteiger partial charge in [-0.15, -0.1) is 0 Å². The Kier molecular flexibility index (Phi) is 2.45. The molecule has 0 N–H and O–H groups in total. The van der Waals surface area contributed by atoms with Gasteiger partial charge in [0, 0.05) is 18.8 Å². The molecule has 1 fully saturated rings. The Morgan fingerprint density at radius 2 is 1.86 bits per heavy atom. The molecule has 0 aromatic heterocycles. The maximum Gasteiger partial charge on any atom is 0.397 e. The fourth-order valence-electron chi connectivity index (χ4n) is 2.34. The minimum absolute atomic E-state index is 0.245. The lowest BCUT2D eigenvalue weighted by atomic mass is 10.1. The van der Waals surface area contributed by atoms with Crippen molar-refractivity contribution < 1.29 is 13.2 Å². The molecule has 0 aromatic rings. The van der Waals surface area contributed by atoms with Crippen LogP contribution in [0.15, 0.2) is 11.8 Å². The van der Waals surface area contributed by atoms with Crippen molar-refractivity contribution in [3.8, 4) is 0 Å². The standard InChI is InChI=1S/C10H14F3N/c11-10(12,13)8-4-3-5-9(8)14-6-1-2-7-14/h5,8H,1-4,6-7H2. The Balaban J connectivity index is 2.09. The van der Waals surface area contributed by atoms with Gasteiger partial charge in [-0.1, -0.05) is 6.08 Å². The smallest absolute Gasteiger partial charge is 0.375 e. The van der Waals surface area contributed by atoms with Crippen molar-refractivity contribution in [2.75, 3.05) is 13.1 Å². The highest BCUT2D eigenvalue weighted by Crippen LogP contribution is 2.41. The van der Waals surface area contributed by atoms with E-state index in [9.17, 15) is 13.2 Å². The van der Waals surface area contributed by atoms with Crippen LogP contribution in [0.5, 0.6) is 0 Å². The van der Waals surface area contributed by atoms with Crippen molar-refractivity contribution in [2.24, 2.45) is 5.92 Å². The van der Waals surface area contributed by atoms with E-state index in [4.69, 9.17) is 0 Å². The highest BCUT2D eigenvalue weighted by molar-refractivity contribution is 5.14. The van der Waals surface area contributed by atoms with E-state index in [2.05, 4.69) is 0 Å². The van der Waals surface area contributed by atoms with E-state index >= 15 is 0 Å². The summed E-state index contributed by atoms with van der Waals surface area (Å²) in [5.74, 6) is -1.19. The SMILES string of the molecule is FC(F)(F)C1CCC=C1N1CCCC1. The Labute approximate surface area is 81.6 Å². The molecule has 0 spiro atoms. The molecule has 0 bridgehead atoms. The number of hydrogen-bond donors (Lipinski definition) is 0. The Bertz CT molecular complexity index is 238. The third-order valence-electron chi connectivity index (χ3n) is 3.03. The highest BCUT2D eigenvalue weighted by Gasteiger charge is 2.45. The van der Waals surface area contributed by atoms with Gasteiger partial charge in [0.15, 0.2) is 0 Å². The van der Waals surface area contributed by atoms with Crippen LogP contribution < -0.4 is 0 Å². The number of hydrogen-bond acceptors (Lipinski definition) is 1. The van der Waals surface area contributed by atoms with Crippen LogP contribution in [-0.4, -0.2) is 24.2 Å². The van der Waals surface area contributed by atoms with Gasteiger partial charge in [-0.3, -0.25) is 0 Å². The van der Waals surface area contributed by atoms with Crippen LogP contribution in [0.4, 0.5) is 13.2 Å². The second-order valence-corrected chi connectivity index (χ2v) is 3.99. The summed E-state index contributed by atoms with van der Waals surface area (Å²) in [6, 6.07) is 0. The average Bonchev–Trinajstić information content (AvgIpc) is 2.73. The molecule has 1 atom stereocenters. The molecule has 0 radical (unpaired) electrons. The van der Waals surface area contributed by atoms with Gasteiger partial charge in [0.1, 0.15) is 0 Å². The van der Waals surface area contributed by atoms with Gasteiger partial charge in [0.25, 0.3) is 0 Å². The van der Waals surface area contributed by atoms with Crippen molar-refractivity contribution in [1.82, 2.24) is 4.90 Å². The molecule has 1 nitrogen and oxygen atoms in total. The molecule has 1 unspecified atom stereocenters. The summed E-state index contributed by atoms with van der Waals surface area (Å²) in [4.78, 5) is 1.91. The van der Waals surface area contributed by atoms with Crippen LogP contribution in [0.3, 0.4) is 0 Å². The third-order valence-corrected chi connectivity index (χ3v) is 3.03. The first-order valence-corrected chi connectivity index (χ1v) is 5.11. The lowest BCUT2D eigenvalue weighted by molar-refractivity contribution is -0.167. The topological polar surface area (TPSA) is 3.24 Å². The van der Waals surface area contributed by atoms with E-state index < -0.39 is 12.1 Å². The molecule has 1 aliphatic carbocycles. The van der Waals surface area contributed by atoms with E-state index in [1.807, 2.05) is 4.90 Å². The van der Waals surface area contributed by atoms with E-state index in [1.165, 1.54) is 0 Å². The zero-order valence-corrected chi connectivity index (χ0v) is 7.98. The zero-order valence-electron chi connectivity index (χ0n) is 7.98. The summed E-state index contributed by atoms with van der Waals surface area (Å²) < 4.78 is 37.8. The van der Waals surface area contributed by atoms with Crippen molar-refractivity contribution in [1.29, 1.82) is 0 Å². The van der Waals surface area contributed by atoms with E-state index in [1.54, 1.807) is 6.08 Å². The van der Waals surface area contributed by atoms with Gasteiger partial charge < -0.3 is 4.90 Å². The molecule has 2 aliphatic rings. The minimum Gasteiger partial charge on any atom is -0.375 e. The van der Waals surface area contributed by atoms with Crippen LogP contribution in [0.2, 0.25) is 0 Å². The van der Waals surface area contributed by atoms with Crippen molar-refractivity contribution in [2.45, 2.75) is 31.9 Å². The number of rotatable bonds is 1. The van der Waals surface area contributed by atoms with E-state index in [0.29, 0.717) is 12.1 Å². The van der Waals surface area contributed by atoms with Gasteiger partial charge >= 0.3 is 6.18 Å². The van der Waals surface area contributed by atoms with Gasteiger partial charge in [0.2, 0.25) is 0 Å². The molecule has 1 aliphatic heterocycles. The molecule has 80 valence electrons. The largest absolute Gasteiger partial charge is 0.397 e. The average molecular weight is 205 g/mol. The van der Waals surface area contributed by atoms with Gasteiger partial charge in [-0.2, -0.15) is 13.2 Å². The normalized spacial score (nSPS) is 28.4. The monoisotopic (exact) mass is 205 g/mol. The van der Waals surface area contributed by atoms with Crippen LogP contribution >= 0.6 is 0 Å². The van der Waals surface area contributed by atoms with Gasteiger partial charge in [0.05, 0.1) is 5.92 Å². The molecule has 1 saturated heterocycles. The third kappa shape index (κ3) is 1.74. The molecule has 4 heteroatoms. The summed E-state index contributed by atoms with van der Waals surface area (Å²) >= 11 is 0. The molecule has 14 heavy (non-hydrogen) atoms. The van der Waals surface area contributed by atoms with Crippen molar-refractivity contribution in [3.63, 3.8) is 0 Å². The zero-order chi connectivity index (χ0) is 10.2. The Hall–Kier alpha value is -0.670. The number of nitrogens with zero attached hydrogens (tertiary/aromatic N) is 1. The summed E-state index contributed by atoms with van der Waals surface area (Å²) in [5, 5.41) is 0. The second kappa shape index (κ2) is 3.48. The van der Waals surface area contributed by atoms with E-state index in [0.717, 1.165) is 25.9 Å². The first kappa shape index (κ1) is 9.87. The Morgan fingerprint density at radius 1 is 1.21 bits per heavy atom. The van der Waals surface area contributed by atoms with Crippen LogP contribution in [-0.2, 0) is 0 Å². The van der Waals surface area contributed by atoms with Crippen molar-refractivity contribution >= 4 is 0 Å². The fourth-order valence-corrected chi connectivity index (χ4v) is 2.34. The second-order valence-electron chi connectivity index (χ2n) is 3.99. The summed E-state index contributed by atoms with van der Waals surface area (Å²) in [7, 11) is 0. The van der Waals surface area contributed by atoms with Crippen LogP contribution in [0.1, 0.15) is 25.7 Å². The lowest BCUT2D eigenvalue weighted by Crippen LogP contribution is -2.31. The minimum atomic E-state index is -4.05. The molecule has 2 rings (SSSR count). The summed E-state index contributed by atoms with van der Waals surface area (Å²) in [5.41, 5.74) is 0.537. The maximum atomic E-state index is 12.6. The number of likely N-dealkylation sites (tertiary alicyclic amines) is 1. The van der Waals surface area contributed by atoms with Gasteiger partial charge in [-0.25, -0.2) is 0 Å². The quantitative estimate of drug-likeness (QED) is 0.636. The number of halogens is 3. The molecule has 0 amide bonds. The highest BCUT2D eigenvalue weighted by atomic mass is 19.4. The predicted octanol–water partition coefficient (Wildman–Crippen LogP) is 2.94. The predicted molar refractivity (Wildman–Crippen MR) is 47.7 cm³/mol. The Morgan fingerprint density at radius 3 is 2.43 bits per heavy atom. The van der Waals surface area contributed by atoms with Crippen LogP contribution in [0.25, 0.3) is 0 Å².